The van der Waals surface area contributed by atoms with E-state index in [4.69, 9.17) is 11.6 Å². The number of rotatable bonds is 2. The van der Waals surface area contributed by atoms with Crippen LogP contribution in [0.3, 0.4) is 0 Å². The summed E-state index contributed by atoms with van der Waals surface area (Å²) in [5.74, 6) is 1.35. The molecule has 1 saturated carbocycles. The van der Waals surface area contributed by atoms with Crippen LogP contribution >= 0.6 is 11.6 Å². The van der Waals surface area contributed by atoms with E-state index in [9.17, 15) is 0 Å². The second-order valence-electron chi connectivity index (χ2n) is 6.65. The first kappa shape index (κ1) is 14.8. The average Bonchev–Trinajstić information content (AvgIpc) is 2.48. The number of nitrogens with zero attached hydrogens (tertiary/aromatic N) is 5. The van der Waals surface area contributed by atoms with Crippen LogP contribution < -0.4 is 9.80 Å². The molecule has 1 aliphatic heterocycles. The van der Waals surface area contributed by atoms with Gasteiger partial charge in [-0.3, -0.25) is 0 Å². The maximum atomic E-state index is 6.04. The molecule has 1 aromatic rings. The van der Waals surface area contributed by atoms with E-state index in [-0.39, 0.29) is 5.28 Å². The monoisotopic (exact) mass is 309 g/mol. The molecular formula is C15H24ClN5. The van der Waals surface area contributed by atoms with Gasteiger partial charge in [0.2, 0.25) is 17.2 Å². The molecule has 116 valence electrons. The van der Waals surface area contributed by atoms with Crippen molar-refractivity contribution in [2.45, 2.75) is 44.9 Å². The highest BCUT2D eigenvalue weighted by Crippen LogP contribution is 2.44. The maximum Gasteiger partial charge on any atom is 0.231 e. The lowest BCUT2D eigenvalue weighted by molar-refractivity contribution is 0.144. The summed E-state index contributed by atoms with van der Waals surface area (Å²) in [4.78, 5) is 17.1. The van der Waals surface area contributed by atoms with Crippen molar-refractivity contribution in [3.05, 3.63) is 5.28 Å². The summed E-state index contributed by atoms with van der Waals surface area (Å²) < 4.78 is 0. The van der Waals surface area contributed by atoms with Crippen LogP contribution in [0.2, 0.25) is 5.28 Å². The molecule has 3 rings (SSSR count). The lowest BCUT2D eigenvalue weighted by Crippen LogP contribution is -2.42. The van der Waals surface area contributed by atoms with Crippen LogP contribution in [0.4, 0.5) is 11.9 Å². The zero-order valence-corrected chi connectivity index (χ0v) is 13.7. The number of halogens is 1. The Balaban J connectivity index is 1.71. The number of hydrogen-bond acceptors (Lipinski definition) is 5. The van der Waals surface area contributed by atoms with Gasteiger partial charge in [-0.05, 0) is 42.7 Å². The second-order valence-corrected chi connectivity index (χ2v) is 6.98. The van der Waals surface area contributed by atoms with E-state index in [1.807, 2.05) is 19.0 Å². The number of hydrogen-bond donors (Lipinski definition) is 0. The third kappa shape index (κ3) is 3.23. The van der Waals surface area contributed by atoms with Gasteiger partial charge >= 0.3 is 0 Å². The minimum Gasteiger partial charge on any atom is -0.347 e. The molecule has 1 aromatic heterocycles. The Hall–Kier alpha value is -1.10. The van der Waals surface area contributed by atoms with Crippen molar-refractivity contribution in [2.75, 3.05) is 37.0 Å². The van der Waals surface area contributed by atoms with Crippen molar-refractivity contribution >= 4 is 23.5 Å². The van der Waals surface area contributed by atoms with Crippen LogP contribution in [-0.4, -0.2) is 42.1 Å². The van der Waals surface area contributed by atoms with Gasteiger partial charge in [0, 0.05) is 27.2 Å². The Morgan fingerprint density at radius 2 is 1.62 bits per heavy atom. The van der Waals surface area contributed by atoms with Gasteiger partial charge in [-0.2, -0.15) is 15.0 Å². The van der Waals surface area contributed by atoms with E-state index in [0.29, 0.717) is 11.4 Å². The molecule has 0 amide bonds. The molecule has 2 heterocycles. The molecule has 21 heavy (non-hydrogen) atoms. The van der Waals surface area contributed by atoms with Crippen LogP contribution in [0.15, 0.2) is 0 Å². The van der Waals surface area contributed by atoms with Crippen molar-refractivity contribution in [3.8, 4) is 0 Å². The van der Waals surface area contributed by atoms with Gasteiger partial charge in [0.15, 0.2) is 0 Å². The third-order valence-electron chi connectivity index (χ3n) is 5.01. The minimum absolute atomic E-state index is 0.279. The van der Waals surface area contributed by atoms with E-state index >= 15 is 0 Å². The van der Waals surface area contributed by atoms with Gasteiger partial charge in [0.05, 0.1) is 0 Å². The minimum atomic E-state index is 0.279. The predicted molar refractivity (Wildman–Crippen MR) is 86.1 cm³/mol. The Labute approximate surface area is 131 Å². The summed E-state index contributed by atoms with van der Waals surface area (Å²) in [6.45, 7) is 2.07. The molecule has 2 aliphatic rings. The van der Waals surface area contributed by atoms with Gasteiger partial charge < -0.3 is 9.80 Å². The topological polar surface area (TPSA) is 45.2 Å². The zero-order chi connectivity index (χ0) is 14.9. The first-order valence-corrected chi connectivity index (χ1v) is 8.30. The van der Waals surface area contributed by atoms with Crippen LogP contribution in [0.1, 0.15) is 44.9 Å². The molecule has 5 nitrogen and oxygen atoms in total. The molecule has 0 bridgehead atoms. The molecule has 6 heteroatoms. The lowest BCUT2D eigenvalue weighted by atomic mass is 9.68. The summed E-state index contributed by atoms with van der Waals surface area (Å²) >= 11 is 6.04. The van der Waals surface area contributed by atoms with Crippen molar-refractivity contribution in [3.63, 3.8) is 0 Å². The Bertz CT molecular complexity index is 489. The molecule has 0 unspecified atom stereocenters. The average molecular weight is 310 g/mol. The fourth-order valence-electron chi connectivity index (χ4n) is 3.65. The van der Waals surface area contributed by atoms with Crippen LogP contribution in [0.25, 0.3) is 0 Å². The SMILES string of the molecule is CN(C)c1nc(Cl)nc(N2CCC3(CCCCC3)CC2)n1. The first-order valence-electron chi connectivity index (χ1n) is 7.92. The number of anilines is 2. The van der Waals surface area contributed by atoms with E-state index < -0.39 is 0 Å². The predicted octanol–water partition coefficient (Wildman–Crippen LogP) is 3.14. The second kappa shape index (κ2) is 5.95. The van der Waals surface area contributed by atoms with Crippen molar-refractivity contribution < 1.29 is 0 Å². The summed E-state index contributed by atoms with van der Waals surface area (Å²) in [5, 5.41) is 0.279. The number of piperidine rings is 1. The normalized spacial score (nSPS) is 21.6. The smallest absolute Gasteiger partial charge is 0.231 e. The Morgan fingerprint density at radius 3 is 2.24 bits per heavy atom. The Morgan fingerprint density at radius 1 is 0.952 bits per heavy atom. The van der Waals surface area contributed by atoms with Crippen LogP contribution in [-0.2, 0) is 0 Å². The van der Waals surface area contributed by atoms with Gasteiger partial charge in [0.25, 0.3) is 0 Å². The van der Waals surface area contributed by atoms with E-state index in [1.165, 1.54) is 44.9 Å². The van der Waals surface area contributed by atoms with Gasteiger partial charge in [0.1, 0.15) is 0 Å². The zero-order valence-electron chi connectivity index (χ0n) is 13.0. The van der Waals surface area contributed by atoms with E-state index in [2.05, 4.69) is 19.9 Å². The van der Waals surface area contributed by atoms with E-state index in [1.54, 1.807) is 0 Å². The summed E-state index contributed by atoms with van der Waals surface area (Å²) in [6, 6.07) is 0. The largest absolute Gasteiger partial charge is 0.347 e. The molecule has 0 radical (unpaired) electrons. The third-order valence-corrected chi connectivity index (χ3v) is 5.17. The van der Waals surface area contributed by atoms with E-state index in [0.717, 1.165) is 19.0 Å². The fourth-order valence-corrected chi connectivity index (χ4v) is 3.80. The number of aromatic nitrogens is 3. The molecule has 0 N–H and O–H groups in total. The van der Waals surface area contributed by atoms with Crippen molar-refractivity contribution in [2.24, 2.45) is 5.41 Å². The molecule has 0 atom stereocenters. The quantitative estimate of drug-likeness (QED) is 0.840. The van der Waals surface area contributed by atoms with Gasteiger partial charge in [-0.15, -0.1) is 0 Å². The molecule has 2 fully saturated rings. The Kier molecular flexibility index (Phi) is 4.20. The van der Waals surface area contributed by atoms with Crippen molar-refractivity contribution in [1.29, 1.82) is 0 Å². The molecular weight excluding hydrogens is 286 g/mol. The van der Waals surface area contributed by atoms with Crippen LogP contribution in [0, 0.1) is 5.41 Å². The summed E-state index contributed by atoms with van der Waals surface area (Å²) in [6.07, 6.45) is 9.55. The standard InChI is InChI=1S/C15H24ClN5/c1-20(2)13-17-12(16)18-14(19-13)21-10-8-15(9-11-21)6-4-3-5-7-15/h3-11H2,1-2H3. The van der Waals surface area contributed by atoms with Crippen molar-refractivity contribution in [1.82, 2.24) is 15.0 Å². The summed E-state index contributed by atoms with van der Waals surface area (Å²) in [7, 11) is 3.84. The highest BCUT2D eigenvalue weighted by molar-refractivity contribution is 6.28. The molecule has 1 spiro atoms. The molecule has 0 aromatic carbocycles. The molecule has 1 saturated heterocycles. The van der Waals surface area contributed by atoms with Gasteiger partial charge in [-0.1, -0.05) is 19.3 Å². The van der Waals surface area contributed by atoms with Crippen LogP contribution in [0.5, 0.6) is 0 Å². The highest BCUT2D eigenvalue weighted by atomic mass is 35.5. The first-order chi connectivity index (χ1) is 10.1. The highest BCUT2D eigenvalue weighted by Gasteiger charge is 2.36. The van der Waals surface area contributed by atoms with Gasteiger partial charge in [-0.25, -0.2) is 0 Å². The lowest BCUT2D eigenvalue weighted by Gasteiger charge is -2.44. The molecule has 1 aliphatic carbocycles. The fraction of sp³-hybridized carbons (Fsp3) is 0.800. The maximum absolute atomic E-state index is 6.04. The summed E-state index contributed by atoms with van der Waals surface area (Å²) in [5.41, 5.74) is 0.593.